The van der Waals surface area contributed by atoms with E-state index in [1.165, 1.54) is 4.57 Å². The summed E-state index contributed by atoms with van der Waals surface area (Å²) in [5, 5.41) is 8.99. The number of nitrogen functional groups attached to an aromatic ring is 1. The van der Waals surface area contributed by atoms with Crippen molar-refractivity contribution >= 4 is 11.5 Å². The summed E-state index contributed by atoms with van der Waals surface area (Å²) < 4.78 is 1.27. The number of nitrogens with one attached hydrogen (secondary N) is 1. The van der Waals surface area contributed by atoms with Gasteiger partial charge >= 0.3 is 5.69 Å². The smallest absolute Gasteiger partial charge is 0.330 e. The van der Waals surface area contributed by atoms with E-state index in [0.29, 0.717) is 13.1 Å². The fourth-order valence-electron chi connectivity index (χ4n) is 1.77. The van der Waals surface area contributed by atoms with Crippen molar-refractivity contribution in [2.24, 2.45) is 0 Å². The van der Waals surface area contributed by atoms with Gasteiger partial charge in [-0.2, -0.15) is 0 Å². The lowest BCUT2D eigenvalue weighted by Gasteiger charge is -2.23. The van der Waals surface area contributed by atoms with E-state index in [4.69, 9.17) is 10.8 Å². The predicted octanol–water partition coefficient (Wildman–Crippen LogP) is -0.877. The van der Waals surface area contributed by atoms with Gasteiger partial charge in [-0.15, -0.1) is 6.58 Å². The topological polar surface area (TPSA) is 104 Å². The van der Waals surface area contributed by atoms with Gasteiger partial charge in [0, 0.05) is 19.6 Å². The first-order valence-corrected chi connectivity index (χ1v) is 5.66. The second-order valence-electron chi connectivity index (χ2n) is 3.70. The van der Waals surface area contributed by atoms with E-state index in [2.05, 4.69) is 11.6 Å². The highest BCUT2D eigenvalue weighted by Gasteiger charge is 2.16. The monoisotopic (exact) mass is 254 g/mol. The third-order valence-electron chi connectivity index (χ3n) is 2.57. The summed E-state index contributed by atoms with van der Waals surface area (Å²) in [5.41, 5.74) is 4.93. The first-order valence-electron chi connectivity index (χ1n) is 5.66. The molecule has 7 heteroatoms. The van der Waals surface area contributed by atoms with Gasteiger partial charge in [-0.05, 0) is 6.92 Å². The van der Waals surface area contributed by atoms with Crippen LogP contribution in [-0.2, 0) is 6.54 Å². The summed E-state index contributed by atoms with van der Waals surface area (Å²) in [6, 6.07) is 0. The molecule has 1 aromatic rings. The van der Waals surface area contributed by atoms with Crippen molar-refractivity contribution < 1.29 is 5.11 Å². The molecule has 1 aromatic heterocycles. The van der Waals surface area contributed by atoms with Crippen molar-refractivity contribution in [3.63, 3.8) is 0 Å². The largest absolute Gasteiger partial charge is 0.395 e. The van der Waals surface area contributed by atoms with Crippen molar-refractivity contribution in [1.29, 1.82) is 0 Å². The summed E-state index contributed by atoms with van der Waals surface area (Å²) >= 11 is 0. The van der Waals surface area contributed by atoms with Gasteiger partial charge in [-0.3, -0.25) is 14.3 Å². The molecule has 7 nitrogen and oxygen atoms in total. The van der Waals surface area contributed by atoms with Gasteiger partial charge in [0.25, 0.3) is 5.56 Å². The number of hydrogen-bond donors (Lipinski definition) is 3. The molecule has 18 heavy (non-hydrogen) atoms. The van der Waals surface area contributed by atoms with Crippen LogP contribution < -0.4 is 21.9 Å². The summed E-state index contributed by atoms with van der Waals surface area (Å²) in [6.07, 6.45) is 1.59. The zero-order chi connectivity index (χ0) is 13.7. The number of nitrogens with zero attached hydrogens (tertiary/aromatic N) is 2. The SMILES string of the molecule is C=CCN(CCO)c1c(N)n(CC)c(=O)[nH]c1=O. The molecule has 0 spiro atoms. The molecule has 0 aliphatic rings. The Labute approximate surface area is 104 Å². The molecule has 0 saturated carbocycles. The van der Waals surface area contributed by atoms with E-state index < -0.39 is 11.2 Å². The van der Waals surface area contributed by atoms with Crippen molar-refractivity contribution in [1.82, 2.24) is 9.55 Å². The molecule has 0 saturated heterocycles. The molecule has 0 amide bonds. The van der Waals surface area contributed by atoms with Crippen molar-refractivity contribution in [3.8, 4) is 0 Å². The fourth-order valence-corrected chi connectivity index (χ4v) is 1.77. The lowest BCUT2D eigenvalue weighted by Crippen LogP contribution is -2.39. The Kier molecular flexibility index (Phi) is 4.73. The number of anilines is 2. The van der Waals surface area contributed by atoms with E-state index in [-0.39, 0.29) is 24.7 Å². The summed E-state index contributed by atoms with van der Waals surface area (Å²) in [5.74, 6) is 0.0987. The molecule has 0 unspecified atom stereocenters. The quantitative estimate of drug-likeness (QED) is 0.572. The number of aliphatic hydroxyl groups excluding tert-OH is 1. The maximum atomic E-state index is 11.8. The Morgan fingerprint density at radius 3 is 2.72 bits per heavy atom. The molecule has 0 radical (unpaired) electrons. The number of aromatic amines is 1. The van der Waals surface area contributed by atoms with Crippen LogP contribution in [0.4, 0.5) is 11.5 Å². The minimum atomic E-state index is -0.558. The number of aliphatic hydroxyl groups is 1. The van der Waals surface area contributed by atoms with Crippen LogP contribution in [-0.4, -0.2) is 34.4 Å². The third-order valence-corrected chi connectivity index (χ3v) is 2.57. The van der Waals surface area contributed by atoms with Gasteiger partial charge in [0.2, 0.25) is 0 Å². The first-order chi connectivity index (χ1) is 8.56. The maximum Gasteiger partial charge on any atom is 0.330 e. The molecule has 1 heterocycles. The molecule has 100 valence electrons. The van der Waals surface area contributed by atoms with Gasteiger partial charge in [0.05, 0.1) is 6.61 Å². The average Bonchev–Trinajstić information content (AvgIpc) is 2.29. The van der Waals surface area contributed by atoms with Gasteiger partial charge in [0.1, 0.15) is 11.5 Å². The number of rotatable bonds is 6. The average molecular weight is 254 g/mol. The highest BCUT2D eigenvalue weighted by Crippen LogP contribution is 2.15. The normalized spacial score (nSPS) is 10.3. The van der Waals surface area contributed by atoms with Crippen LogP contribution >= 0.6 is 0 Å². The van der Waals surface area contributed by atoms with Crippen molar-refractivity contribution in [2.45, 2.75) is 13.5 Å². The van der Waals surface area contributed by atoms with E-state index in [0.717, 1.165) is 0 Å². The minimum absolute atomic E-state index is 0.0987. The summed E-state index contributed by atoms with van der Waals surface area (Å²) in [4.78, 5) is 27.1. The lowest BCUT2D eigenvalue weighted by molar-refractivity contribution is 0.303. The molecule has 0 aliphatic heterocycles. The second-order valence-corrected chi connectivity index (χ2v) is 3.70. The van der Waals surface area contributed by atoms with Crippen LogP contribution in [0.25, 0.3) is 0 Å². The van der Waals surface area contributed by atoms with E-state index in [9.17, 15) is 9.59 Å². The van der Waals surface area contributed by atoms with Gasteiger partial charge < -0.3 is 15.7 Å². The summed E-state index contributed by atoms with van der Waals surface area (Å²) in [7, 11) is 0. The Balaban J connectivity index is 3.42. The molecule has 4 N–H and O–H groups in total. The van der Waals surface area contributed by atoms with E-state index in [1.807, 2.05) is 0 Å². The first kappa shape index (κ1) is 14.0. The van der Waals surface area contributed by atoms with E-state index >= 15 is 0 Å². The van der Waals surface area contributed by atoms with E-state index in [1.54, 1.807) is 17.9 Å². The number of hydrogen-bond acceptors (Lipinski definition) is 5. The van der Waals surface area contributed by atoms with Crippen molar-refractivity contribution in [2.75, 3.05) is 30.3 Å². The highest BCUT2D eigenvalue weighted by molar-refractivity contribution is 5.62. The molecule has 1 rings (SSSR count). The van der Waals surface area contributed by atoms with Gasteiger partial charge in [0.15, 0.2) is 0 Å². The Morgan fingerprint density at radius 2 is 2.22 bits per heavy atom. The standard InChI is InChI=1S/C11H18N4O3/c1-3-5-14(6-7-16)8-9(12)15(4-2)11(18)13-10(8)17/h3,16H,1,4-7,12H2,2H3,(H,13,17,18). The van der Waals surface area contributed by atoms with Gasteiger partial charge in [-0.1, -0.05) is 6.08 Å². The molecule has 0 aliphatic carbocycles. The highest BCUT2D eigenvalue weighted by atomic mass is 16.3. The number of H-pyrrole nitrogens is 1. The zero-order valence-electron chi connectivity index (χ0n) is 10.3. The van der Waals surface area contributed by atoms with Crippen LogP contribution in [0.5, 0.6) is 0 Å². The van der Waals surface area contributed by atoms with Gasteiger partial charge in [-0.25, -0.2) is 4.79 Å². The Morgan fingerprint density at radius 1 is 1.56 bits per heavy atom. The predicted molar refractivity (Wildman–Crippen MR) is 70.9 cm³/mol. The molecule has 0 aromatic carbocycles. The van der Waals surface area contributed by atoms with Crippen LogP contribution in [0.2, 0.25) is 0 Å². The van der Waals surface area contributed by atoms with Crippen LogP contribution in [0, 0.1) is 0 Å². The molecule has 0 fully saturated rings. The number of nitrogens with two attached hydrogens (primary N) is 1. The Bertz CT molecular complexity index is 532. The molecular weight excluding hydrogens is 236 g/mol. The minimum Gasteiger partial charge on any atom is -0.395 e. The number of aromatic nitrogens is 2. The molecule has 0 bridgehead atoms. The fraction of sp³-hybridized carbons (Fsp3) is 0.455. The zero-order valence-corrected chi connectivity index (χ0v) is 10.3. The van der Waals surface area contributed by atoms with Crippen molar-refractivity contribution in [3.05, 3.63) is 33.5 Å². The lowest BCUT2D eigenvalue weighted by atomic mass is 10.3. The van der Waals surface area contributed by atoms with Crippen LogP contribution in [0.1, 0.15) is 6.92 Å². The van der Waals surface area contributed by atoms with Crippen LogP contribution in [0.15, 0.2) is 22.2 Å². The Hall–Kier alpha value is -2.02. The third kappa shape index (κ3) is 2.62. The van der Waals surface area contributed by atoms with Crippen LogP contribution in [0.3, 0.4) is 0 Å². The maximum absolute atomic E-state index is 11.8. The summed E-state index contributed by atoms with van der Waals surface area (Å²) in [6.45, 7) is 6.16. The second kappa shape index (κ2) is 6.06. The molecular formula is C11H18N4O3. The molecule has 0 atom stereocenters.